The lowest BCUT2D eigenvalue weighted by Crippen LogP contribution is -2.37. The molecule has 4 rings (SSSR count). The van der Waals surface area contributed by atoms with Crippen LogP contribution in [0, 0.1) is 5.41 Å². The summed E-state index contributed by atoms with van der Waals surface area (Å²) < 4.78 is 30.5. The Morgan fingerprint density at radius 3 is 2.52 bits per heavy atom. The van der Waals surface area contributed by atoms with E-state index in [1.807, 2.05) is 0 Å². The molecule has 162 valence electrons. The molecule has 0 aliphatic carbocycles. The summed E-state index contributed by atoms with van der Waals surface area (Å²) in [7, 11) is -4.03. The zero-order chi connectivity index (χ0) is 22.4. The second-order valence-electron chi connectivity index (χ2n) is 8.64. The first kappa shape index (κ1) is 20.9. The van der Waals surface area contributed by atoms with Crippen LogP contribution in [0.15, 0.2) is 62.6 Å². The van der Waals surface area contributed by atoms with E-state index in [0.717, 1.165) is 6.42 Å². The molecule has 0 saturated carbocycles. The van der Waals surface area contributed by atoms with Gasteiger partial charge in [-0.1, -0.05) is 45.0 Å². The summed E-state index contributed by atoms with van der Waals surface area (Å²) in [6.07, 6.45) is 0.797. The molecule has 0 saturated heterocycles. The van der Waals surface area contributed by atoms with E-state index in [2.05, 4.69) is 35.9 Å². The second-order valence-corrected chi connectivity index (χ2v) is 10.2. The Morgan fingerprint density at radius 1 is 1.10 bits per heavy atom. The van der Waals surface area contributed by atoms with Gasteiger partial charge in [-0.05, 0) is 36.1 Å². The van der Waals surface area contributed by atoms with Gasteiger partial charge in [-0.3, -0.25) is 4.79 Å². The molecule has 0 spiro atoms. The van der Waals surface area contributed by atoms with E-state index in [1.165, 1.54) is 10.7 Å². The second kappa shape index (κ2) is 7.42. The van der Waals surface area contributed by atoms with Crippen molar-refractivity contribution in [3.63, 3.8) is 0 Å². The number of para-hydroxylation sites is 2. The van der Waals surface area contributed by atoms with E-state index < -0.39 is 15.6 Å². The van der Waals surface area contributed by atoms with Gasteiger partial charge in [0, 0.05) is 11.9 Å². The Balaban J connectivity index is 1.90. The molecule has 0 bridgehead atoms. The van der Waals surface area contributed by atoms with Gasteiger partial charge in [0.25, 0.3) is 15.6 Å². The maximum Gasteiger partial charge on any atom is 0.286 e. The highest BCUT2D eigenvalue weighted by molar-refractivity contribution is 7.90. The third-order valence-electron chi connectivity index (χ3n) is 5.07. The minimum absolute atomic E-state index is 0.0163. The van der Waals surface area contributed by atoms with Gasteiger partial charge < -0.3 is 15.8 Å². The summed E-state index contributed by atoms with van der Waals surface area (Å²) in [4.78, 5) is 13.4. The van der Waals surface area contributed by atoms with Crippen molar-refractivity contribution in [1.82, 2.24) is 4.68 Å². The number of hydrogen-bond donors (Lipinski definition) is 3. The van der Waals surface area contributed by atoms with E-state index in [4.69, 9.17) is 0 Å². The van der Waals surface area contributed by atoms with Crippen LogP contribution in [0.3, 0.4) is 0 Å². The Morgan fingerprint density at radius 2 is 1.77 bits per heavy atom. The number of pyridine rings is 1. The molecule has 3 aromatic rings. The van der Waals surface area contributed by atoms with Crippen LogP contribution in [-0.4, -0.2) is 30.6 Å². The van der Waals surface area contributed by atoms with Crippen molar-refractivity contribution in [3.8, 4) is 5.75 Å². The summed E-state index contributed by atoms with van der Waals surface area (Å²) >= 11 is 0. The third kappa shape index (κ3) is 3.88. The number of nitrogens with one attached hydrogen (secondary N) is 2. The van der Waals surface area contributed by atoms with Crippen LogP contribution in [0.1, 0.15) is 32.8 Å². The molecule has 0 amide bonds. The highest BCUT2D eigenvalue weighted by Gasteiger charge is 2.29. The molecule has 1 aliphatic rings. The molecule has 0 unspecified atom stereocenters. The van der Waals surface area contributed by atoms with Gasteiger partial charge in [-0.15, -0.1) is 4.40 Å². The number of fused-ring (bicyclic) bond motifs is 2. The predicted octanol–water partition coefficient (Wildman–Crippen LogP) is 3.25. The van der Waals surface area contributed by atoms with E-state index in [9.17, 15) is 18.3 Å². The zero-order valence-electron chi connectivity index (χ0n) is 17.5. The fraction of sp³-hybridized carbons (Fsp3) is 0.273. The van der Waals surface area contributed by atoms with Gasteiger partial charge in [0.2, 0.25) is 0 Å². The molecule has 8 nitrogen and oxygen atoms in total. The smallest absolute Gasteiger partial charge is 0.286 e. The van der Waals surface area contributed by atoms with Gasteiger partial charge in [-0.25, -0.2) is 4.68 Å². The predicted molar refractivity (Wildman–Crippen MR) is 122 cm³/mol. The number of amidine groups is 1. The Hall–Kier alpha value is -3.33. The van der Waals surface area contributed by atoms with Gasteiger partial charge in [0.15, 0.2) is 5.84 Å². The molecule has 2 aromatic carbocycles. The molecular formula is C22H24N4O4S. The lowest BCUT2D eigenvalue weighted by atomic mass is 9.92. The van der Waals surface area contributed by atoms with Crippen molar-refractivity contribution < 1.29 is 13.5 Å². The molecule has 3 N–H and O–H groups in total. The normalized spacial score (nSPS) is 15.1. The molecule has 31 heavy (non-hydrogen) atoms. The van der Waals surface area contributed by atoms with Gasteiger partial charge >= 0.3 is 0 Å². The van der Waals surface area contributed by atoms with Crippen LogP contribution in [-0.2, 0) is 10.0 Å². The SMILES string of the molecule is CC(C)(C)CCNn1c(=O)c(C2=NS(=O)(=O)c3ccccc3N2)c(O)c2ccccc21. The number of rotatable bonds is 4. The number of sulfonamides is 1. The topological polar surface area (TPSA) is 113 Å². The van der Waals surface area contributed by atoms with E-state index >= 15 is 0 Å². The number of aromatic hydroxyl groups is 1. The number of nitrogens with zero attached hydrogens (tertiary/aromatic N) is 2. The number of benzene rings is 2. The average Bonchev–Trinajstić information content (AvgIpc) is 2.69. The van der Waals surface area contributed by atoms with Gasteiger partial charge in [-0.2, -0.15) is 8.42 Å². The largest absolute Gasteiger partial charge is 0.506 e. The van der Waals surface area contributed by atoms with Crippen LogP contribution in [0.2, 0.25) is 0 Å². The van der Waals surface area contributed by atoms with Crippen LogP contribution in [0.25, 0.3) is 10.9 Å². The Bertz CT molecular complexity index is 1370. The monoisotopic (exact) mass is 440 g/mol. The molecule has 9 heteroatoms. The van der Waals surface area contributed by atoms with E-state index in [1.54, 1.807) is 42.5 Å². The first-order valence-corrected chi connectivity index (χ1v) is 11.3. The lowest BCUT2D eigenvalue weighted by molar-refractivity contribution is 0.384. The third-order valence-corrected chi connectivity index (χ3v) is 6.40. The van der Waals surface area contributed by atoms with Gasteiger partial charge in [0.1, 0.15) is 16.2 Å². The Labute approximate surface area is 180 Å². The van der Waals surface area contributed by atoms with Crippen molar-refractivity contribution in [2.75, 3.05) is 17.3 Å². The average molecular weight is 441 g/mol. The minimum Gasteiger partial charge on any atom is -0.506 e. The van der Waals surface area contributed by atoms with Crippen LogP contribution in [0.5, 0.6) is 5.75 Å². The molecule has 1 aliphatic heterocycles. The van der Waals surface area contributed by atoms with E-state index in [0.29, 0.717) is 23.1 Å². The molecule has 1 aromatic heterocycles. The first-order chi connectivity index (χ1) is 14.6. The maximum atomic E-state index is 13.4. The summed E-state index contributed by atoms with van der Waals surface area (Å²) in [5.74, 6) is -0.534. The molecule has 0 fully saturated rings. The van der Waals surface area contributed by atoms with Crippen molar-refractivity contribution in [1.29, 1.82) is 0 Å². The zero-order valence-corrected chi connectivity index (χ0v) is 18.3. The van der Waals surface area contributed by atoms with E-state index in [-0.39, 0.29) is 27.5 Å². The van der Waals surface area contributed by atoms with Gasteiger partial charge in [0.05, 0.1) is 11.2 Å². The summed E-state index contributed by atoms with van der Waals surface area (Å²) in [6, 6.07) is 13.2. The number of hydrogen-bond acceptors (Lipinski definition) is 6. The lowest BCUT2D eigenvalue weighted by Gasteiger charge is -2.22. The first-order valence-electron chi connectivity index (χ1n) is 9.90. The summed E-state index contributed by atoms with van der Waals surface area (Å²) in [5, 5.41) is 14.2. The molecule has 0 atom stereocenters. The quantitative estimate of drug-likeness (QED) is 0.574. The maximum absolute atomic E-state index is 13.4. The highest BCUT2D eigenvalue weighted by atomic mass is 32.2. The van der Waals surface area contributed by atoms with Crippen molar-refractivity contribution >= 4 is 32.4 Å². The molecular weight excluding hydrogens is 416 g/mol. The van der Waals surface area contributed by atoms with Crippen molar-refractivity contribution in [3.05, 3.63) is 64.4 Å². The summed E-state index contributed by atoms with van der Waals surface area (Å²) in [5.41, 5.74) is 3.16. The molecule has 2 heterocycles. The van der Waals surface area contributed by atoms with Crippen molar-refractivity contribution in [2.45, 2.75) is 32.1 Å². The Kier molecular flexibility index (Phi) is 5.01. The van der Waals surface area contributed by atoms with Crippen molar-refractivity contribution in [2.24, 2.45) is 9.81 Å². The van der Waals surface area contributed by atoms with Crippen LogP contribution in [0.4, 0.5) is 5.69 Å². The fourth-order valence-electron chi connectivity index (χ4n) is 3.46. The van der Waals surface area contributed by atoms with Crippen LogP contribution < -0.4 is 16.3 Å². The highest BCUT2D eigenvalue weighted by Crippen LogP contribution is 2.32. The standard InChI is InChI=1S/C22H24N4O4S/c1-22(2,3)12-13-23-26-16-10-6-4-8-14(16)19(27)18(21(26)28)20-24-15-9-5-7-11-17(15)31(29,30)25-20/h4-11,23,27H,12-13H2,1-3H3,(H,24,25). The summed E-state index contributed by atoms with van der Waals surface area (Å²) in [6.45, 7) is 6.81. The molecule has 0 radical (unpaired) electrons. The van der Waals surface area contributed by atoms with Crippen LogP contribution >= 0.6 is 0 Å². The number of anilines is 1. The number of aromatic nitrogens is 1. The fourth-order valence-corrected chi connectivity index (χ4v) is 4.59. The minimum atomic E-state index is -4.03.